The summed E-state index contributed by atoms with van der Waals surface area (Å²) in [6.45, 7) is 9.56. The molecule has 0 aliphatic carbocycles. The van der Waals surface area contributed by atoms with E-state index in [9.17, 15) is 14.0 Å². The average molecular weight is 453 g/mol. The topological polar surface area (TPSA) is 59.1 Å². The van der Waals surface area contributed by atoms with E-state index >= 15 is 0 Å². The predicted molar refractivity (Wildman–Crippen MR) is 124 cm³/mol. The number of carbonyl (C=O) groups excluding carboxylic acids is 2. The van der Waals surface area contributed by atoms with Crippen molar-refractivity contribution in [2.75, 3.05) is 24.6 Å². The quantitative estimate of drug-likeness (QED) is 0.613. The van der Waals surface area contributed by atoms with E-state index in [1.807, 2.05) is 18.7 Å². The lowest BCUT2D eigenvalue weighted by molar-refractivity contribution is -0.121. The minimum atomic E-state index is -0.427. The molecule has 2 aromatic carbocycles. The van der Waals surface area contributed by atoms with Crippen LogP contribution in [0.15, 0.2) is 54.2 Å². The molecule has 2 amide bonds. The molecule has 0 spiro atoms. The Morgan fingerprint density at radius 3 is 2.15 bits per heavy atom. The molecule has 2 heterocycles. The third-order valence-electron chi connectivity index (χ3n) is 5.61. The van der Waals surface area contributed by atoms with Gasteiger partial charge in [-0.05, 0) is 61.7 Å². The Labute approximate surface area is 193 Å². The molecule has 1 fully saturated rings. The summed E-state index contributed by atoms with van der Waals surface area (Å²) in [5.74, 6) is -0.162. The molecular weight excluding hydrogens is 423 g/mol. The fourth-order valence-corrected chi connectivity index (χ4v) is 4.24. The fourth-order valence-electron chi connectivity index (χ4n) is 4.24. The molecule has 0 N–H and O–H groups in total. The normalized spacial score (nSPS) is 21.4. The molecule has 2 aliphatic rings. The zero-order chi connectivity index (χ0) is 23.7. The van der Waals surface area contributed by atoms with E-state index in [2.05, 4.69) is 13.8 Å². The van der Waals surface area contributed by atoms with Crippen molar-refractivity contribution >= 4 is 23.1 Å². The second-order valence-corrected chi connectivity index (χ2v) is 9.04. The number of rotatable bonds is 6. The van der Waals surface area contributed by atoms with Gasteiger partial charge in [0.2, 0.25) is 0 Å². The van der Waals surface area contributed by atoms with Gasteiger partial charge in [-0.25, -0.2) is 9.29 Å². The Bertz CT molecular complexity index is 1050. The highest BCUT2D eigenvalue weighted by Gasteiger charge is 2.43. The van der Waals surface area contributed by atoms with Gasteiger partial charge in [-0.15, -0.1) is 0 Å². The van der Waals surface area contributed by atoms with E-state index in [-0.39, 0.29) is 17.8 Å². The largest absolute Gasteiger partial charge is 0.493 e. The van der Waals surface area contributed by atoms with Gasteiger partial charge in [-0.3, -0.25) is 9.59 Å². The summed E-state index contributed by atoms with van der Waals surface area (Å²) in [4.78, 5) is 30.3. The SMILES string of the molecule is CC(C)COc1ccc(N2C(=O)C(c3ccc(F)cc3)=C(N3CC(C)OC(C)C3)C2=O)cc1. The minimum Gasteiger partial charge on any atom is -0.493 e. The summed E-state index contributed by atoms with van der Waals surface area (Å²) >= 11 is 0. The summed E-state index contributed by atoms with van der Waals surface area (Å²) in [5.41, 5.74) is 1.58. The number of carbonyl (C=O) groups is 2. The van der Waals surface area contributed by atoms with Crippen LogP contribution in [0.25, 0.3) is 5.57 Å². The molecule has 0 saturated carbocycles. The Morgan fingerprint density at radius 1 is 0.970 bits per heavy atom. The van der Waals surface area contributed by atoms with E-state index < -0.39 is 17.6 Å². The molecule has 7 heteroatoms. The zero-order valence-corrected chi connectivity index (χ0v) is 19.4. The number of amides is 2. The lowest BCUT2D eigenvalue weighted by Gasteiger charge is -2.37. The van der Waals surface area contributed by atoms with Crippen LogP contribution in [0.2, 0.25) is 0 Å². The summed E-state index contributed by atoms with van der Waals surface area (Å²) in [7, 11) is 0. The van der Waals surface area contributed by atoms with E-state index in [4.69, 9.17) is 9.47 Å². The van der Waals surface area contributed by atoms with Gasteiger partial charge in [0.15, 0.2) is 0 Å². The van der Waals surface area contributed by atoms with Crippen LogP contribution in [0.1, 0.15) is 33.3 Å². The highest BCUT2D eigenvalue weighted by Crippen LogP contribution is 2.36. The number of hydrogen-bond donors (Lipinski definition) is 0. The summed E-state index contributed by atoms with van der Waals surface area (Å²) in [5, 5.41) is 0. The molecule has 2 aromatic rings. The average Bonchev–Trinajstić information content (AvgIpc) is 3.02. The van der Waals surface area contributed by atoms with Crippen molar-refractivity contribution in [3.8, 4) is 5.75 Å². The first-order valence-corrected chi connectivity index (χ1v) is 11.3. The smallest absolute Gasteiger partial charge is 0.282 e. The molecule has 0 bridgehead atoms. The van der Waals surface area contributed by atoms with E-state index in [1.165, 1.54) is 29.2 Å². The van der Waals surface area contributed by atoms with Crippen molar-refractivity contribution in [1.29, 1.82) is 0 Å². The van der Waals surface area contributed by atoms with Gasteiger partial charge in [0, 0.05) is 13.1 Å². The second-order valence-electron chi connectivity index (χ2n) is 9.04. The van der Waals surface area contributed by atoms with Gasteiger partial charge in [-0.1, -0.05) is 26.0 Å². The van der Waals surface area contributed by atoms with Crippen LogP contribution in [-0.2, 0) is 14.3 Å². The Kier molecular flexibility index (Phi) is 6.51. The zero-order valence-electron chi connectivity index (χ0n) is 19.4. The lowest BCUT2D eigenvalue weighted by Crippen LogP contribution is -2.47. The van der Waals surface area contributed by atoms with Gasteiger partial charge in [0.05, 0.1) is 30.1 Å². The van der Waals surface area contributed by atoms with Crippen LogP contribution in [0.4, 0.5) is 10.1 Å². The fraction of sp³-hybridized carbons (Fsp3) is 0.385. The Morgan fingerprint density at radius 2 is 1.58 bits per heavy atom. The maximum absolute atomic E-state index is 13.6. The Hall–Kier alpha value is -3.19. The third kappa shape index (κ3) is 4.78. The van der Waals surface area contributed by atoms with Crippen molar-refractivity contribution in [2.24, 2.45) is 5.92 Å². The molecule has 6 nitrogen and oxygen atoms in total. The van der Waals surface area contributed by atoms with Crippen LogP contribution in [-0.4, -0.2) is 48.6 Å². The molecular formula is C26H29FN2O4. The molecule has 0 radical (unpaired) electrons. The highest BCUT2D eigenvalue weighted by atomic mass is 19.1. The van der Waals surface area contributed by atoms with Crippen molar-refractivity contribution < 1.29 is 23.5 Å². The predicted octanol–water partition coefficient (Wildman–Crippen LogP) is 4.25. The highest BCUT2D eigenvalue weighted by molar-refractivity contribution is 6.45. The first-order chi connectivity index (χ1) is 15.7. The van der Waals surface area contributed by atoms with Crippen LogP contribution < -0.4 is 9.64 Å². The molecule has 2 aliphatic heterocycles. The van der Waals surface area contributed by atoms with Crippen LogP contribution in [0, 0.1) is 11.7 Å². The van der Waals surface area contributed by atoms with E-state index in [0.29, 0.717) is 48.3 Å². The van der Waals surface area contributed by atoms with Gasteiger partial charge in [-0.2, -0.15) is 0 Å². The van der Waals surface area contributed by atoms with Crippen molar-refractivity contribution in [1.82, 2.24) is 4.90 Å². The Balaban J connectivity index is 1.71. The number of halogens is 1. The summed E-state index contributed by atoms with van der Waals surface area (Å²) in [6.07, 6.45) is -0.185. The maximum Gasteiger partial charge on any atom is 0.282 e. The molecule has 0 aromatic heterocycles. The number of anilines is 1. The first-order valence-electron chi connectivity index (χ1n) is 11.3. The summed E-state index contributed by atoms with van der Waals surface area (Å²) < 4.78 is 25.1. The lowest BCUT2D eigenvalue weighted by atomic mass is 10.0. The third-order valence-corrected chi connectivity index (χ3v) is 5.61. The van der Waals surface area contributed by atoms with Gasteiger partial charge < -0.3 is 14.4 Å². The van der Waals surface area contributed by atoms with Gasteiger partial charge in [0.25, 0.3) is 11.8 Å². The molecule has 1 saturated heterocycles. The second kappa shape index (κ2) is 9.35. The van der Waals surface area contributed by atoms with Crippen molar-refractivity contribution in [3.05, 3.63) is 65.6 Å². The molecule has 33 heavy (non-hydrogen) atoms. The molecule has 2 atom stereocenters. The number of imide groups is 1. The number of ether oxygens (including phenoxy) is 2. The number of nitrogens with zero attached hydrogens (tertiary/aromatic N) is 2. The molecule has 174 valence electrons. The summed E-state index contributed by atoms with van der Waals surface area (Å²) in [6, 6.07) is 12.6. The molecule has 2 unspecified atom stereocenters. The van der Waals surface area contributed by atoms with Gasteiger partial charge >= 0.3 is 0 Å². The monoisotopic (exact) mass is 452 g/mol. The maximum atomic E-state index is 13.6. The van der Waals surface area contributed by atoms with Crippen LogP contribution in [0.5, 0.6) is 5.75 Å². The number of hydrogen-bond acceptors (Lipinski definition) is 5. The standard InChI is InChI=1S/C26H29FN2O4/c1-16(2)15-32-22-11-9-21(10-12-22)29-25(30)23(19-5-7-20(27)8-6-19)24(26(29)31)28-13-17(3)33-18(4)14-28/h5-12,16-18H,13-15H2,1-4H3. The minimum absolute atomic E-state index is 0.0925. The van der Waals surface area contributed by atoms with Gasteiger partial charge in [0.1, 0.15) is 17.3 Å². The molecule has 4 rings (SSSR count). The van der Waals surface area contributed by atoms with Crippen LogP contribution in [0.3, 0.4) is 0 Å². The number of benzene rings is 2. The van der Waals surface area contributed by atoms with Crippen LogP contribution >= 0.6 is 0 Å². The number of morpholine rings is 1. The van der Waals surface area contributed by atoms with E-state index in [1.54, 1.807) is 24.3 Å². The van der Waals surface area contributed by atoms with E-state index in [0.717, 1.165) is 0 Å². The van der Waals surface area contributed by atoms with Crippen molar-refractivity contribution in [3.63, 3.8) is 0 Å². The van der Waals surface area contributed by atoms with Crippen molar-refractivity contribution in [2.45, 2.75) is 39.9 Å². The first kappa shape index (κ1) is 23.0.